The second-order valence-electron chi connectivity index (χ2n) is 6.55. The number of hydrogen-bond acceptors (Lipinski definition) is 4. The molecular formula is C21H17Cl4N3O2S. The number of hydrogen-bond donors (Lipinski definition) is 1. The lowest BCUT2D eigenvalue weighted by Crippen LogP contribution is -2.23. The molecule has 1 N–H and O–H groups in total. The van der Waals surface area contributed by atoms with Gasteiger partial charge in [-0.2, -0.15) is 0 Å². The number of aromatic nitrogens is 2. The summed E-state index contributed by atoms with van der Waals surface area (Å²) in [4.78, 5) is 8.02. The van der Waals surface area contributed by atoms with E-state index in [2.05, 4.69) is 14.7 Å². The van der Waals surface area contributed by atoms with E-state index >= 15 is 0 Å². The molecule has 2 aromatic carbocycles. The molecule has 4 aromatic rings. The van der Waals surface area contributed by atoms with Crippen LogP contribution >= 0.6 is 46.4 Å². The number of fused-ring (bicyclic) bond motifs is 2. The second-order valence-corrected chi connectivity index (χ2v) is 9.85. The standard InChI is InChI=1S/C11H10Cl2N2O2S.C10H7Cl2N/c1-2-15-18(16,17)7-3-4-8-9(5-7)11(13)14-6-10(8)12;1-6-2-3-7-8(4-6)10(12)13-5-9(7)11/h3-6,15H,2H2,1H3;2-5H,1H3. The molecule has 5 nitrogen and oxygen atoms in total. The van der Waals surface area contributed by atoms with Crippen LogP contribution in [0.1, 0.15) is 12.5 Å². The van der Waals surface area contributed by atoms with E-state index in [1.165, 1.54) is 18.3 Å². The number of halogens is 4. The Balaban J connectivity index is 0.000000185. The summed E-state index contributed by atoms with van der Waals surface area (Å²) >= 11 is 23.8. The fourth-order valence-corrected chi connectivity index (χ4v) is 4.79. The van der Waals surface area contributed by atoms with Crippen LogP contribution in [-0.2, 0) is 10.0 Å². The van der Waals surface area contributed by atoms with Gasteiger partial charge in [0.05, 0.1) is 14.9 Å². The molecular weight excluding hydrogens is 500 g/mol. The van der Waals surface area contributed by atoms with Crippen LogP contribution in [0.4, 0.5) is 0 Å². The summed E-state index contributed by atoms with van der Waals surface area (Å²) < 4.78 is 26.1. The summed E-state index contributed by atoms with van der Waals surface area (Å²) in [6, 6.07) is 10.5. The minimum absolute atomic E-state index is 0.141. The Morgan fingerprint density at radius 1 is 0.806 bits per heavy atom. The van der Waals surface area contributed by atoms with E-state index in [1.54, 1.807) is 19.2 Å². The van der Waals surface area contributed by atoms with Gasteiger partial charge in [0.15, 0.2) is 0 Å². The number of nitrogens with one attached hydrogen (secondary N) is 1. The van der Waals surface area contributed by atoms with Crippen molar-refractivity contribution < 1.29 is 8.42 Å². The second kappa shape index (κ2) is 9.86. The molecule has 162 valence electrons. The summed E-state index contributed by atoms with van der Waals surface area (Å²) in [6.45, 7) is 4.04. The van der Waals surface area contributed by atoms with Crippen LogP contribution in [0.3, 0.4) is 0 Å². The zero-order valence-electron chi connectivity index (χ0n) is 16.5. The average Bonchev–Trinajstić information content (AvgIpc) is 2.74. The van der Waals surface area contributed by atoms with Crippen LogP contribution in [0.2, 0.25) is 20.4 Å². The van der Waals surface area contributed by atoms with Crippen LogP contribution in [-0.4, -0.2) is 24.9 Å². The zero-order valence-corrected chi connectivity index (χ0v) is 20.3. The van der Waals surface area contributed by atoms with E-state index in [0.29, 0.717) is 32.5 Å². The monoisotopic (exact) mass is 515 g/mol. The first-order valence-electron chi connectivity index (χ1n) is 9.08. The number of rotatable bonds is 3. The summed E-state index contributed by atoms with van der Waals surface area (Å²) in [7, 11) is -3.51. The summed E-state index contributed by atoms with van der Waals surface area (Å²) in [5, 5.41) is 4.85. The molecule has 0 bridgehead atoms. The SMILES string of the molecule is CCNS(=O)(=O)c1ccc2c(Cl)cnc(Cl)c2c1.Cc1ccc2c(Cl)cnc(Cl)c2c1. The lowest BCUT2D eigenvalue weighted by molar-refractivity contribution is 0.584. The van der Waals surface area contributed by atoms with Gasteiger partial charge in [-0.05, 0) is 25.1 Å². The van der Waals surface area contributed by atoms with Gasteiger partial charge in [-0.15, -0.1) is 0 Å². The van der Waals surface area contributed by atoms with Crippen LogP contribution in [0, 0.1) is 6.92 Å². The molecule has 0 saturated heterocycles. The quantitative estimate of drug-likeness (QED) is 0.308. The summed E-state index contributed by atoms with van der Waals surface area (Å²) in [6.07, 6.45) is 3.01. The van der Waals surface area contributed by atoms with Crippen molar-refractivity contribution >= 4 is 78.0 Å². The third-order valence-electron chi connectivity index (χ3n) is 4.35. The molecule has 2 heterocycles. The van der Waals surface area contributed by atoms with E-state index in [1.807, 2.05) is 25.1 Å². The highest BCUT2D eigenvalue weighted by atomic mass is 35.5. The molecule has 4 rings (SSSR count). The van der Waals surface area contributed by atoms with E-state index in [-0.39, 0.29) is 10.0 Å². The van der Waals surface area contributed by atoms with Gasteiger partial charge in [-0.1, -0.05) is 77.1 Å². The van der Waals surface area contributed by atoms with Crippen molar-refractivity contribution in [2.24, 2.45) is 0 Å². The fraction of sp³-hybridized carbons (Fsp3) is 0.143. The van der Waals surface area contributed by atoms with Gasteiger partial charge in [-0.25, -0.2) is 23.1 Å². The highest BCUT2D eigenvalue weighted by Gasteiger charge is 2.15. The molecule has 0 fully saturated rings. The Hall–Kier alpha value is -1.67. The molecule has 0 radical (unpaired) electrons. The third kappa shape index (κ3) is 5.40. The molecule has 0 aliphatic carbocycles. The maximum absolute atomic E-state index is 11.9. The molecule has 0 amide bonds. The lowest BCUT2D eigenvalue weighted by atomic mass is 10.1. The first-order chi connectivity index (χ1) is 14.6. The van der Waals surface area contributed by atoms with Crippen LogP contribution in [0.5, 0.6) is 0 Å². The first-order valence-corrected chi connectivity index (χ1v) is 12.1. The number of benzene rings is 2. The summed E-state index contributed by atoms with van der Waals surface area (Å²) in [5.74, 6) is 0. The maximum Gasteiger partial charge on any atom is 0.240 e. The molecule has 10 heteroatoms. The zero-order chi connectivity index (χ0) is 22.8. The van der Waals surface area contributed by atoms with Crippen LogP contribution in [0.25, 0.3) is 21.5 Å². The molecule has 0 aliphatic heterocycles. The lowest BCUT2D eigenvalue weighted by Gasteiger charge is -2.07. The Morgan fingerprint density at radius 2 is 1.32 bits per heavy atom. The van der Waals surface area contributed by atoms with E-state index in [0.717, 1.165) is 16.3 Å². The number of aryl methyl sites for hydroxylation is 1. The van der Waals surface area contributed by atoms with E-state index < -0.39 is 10.0 Å². The van der Waals surface area contributed by atoms with Gasteiger partial charge < -0.3 is 0 Å². The predicted octanol–water partition coefficient (Wildman–Crippen LogP) is 6.69. The first kappa shape index (κ1) is 24.0. The van der Waals surface area contributed by atoms with Gasteiger partial charge >= 0.3 is 0 Å². The highest BCUT2D eigenvalue weighted by molar-refractivity contribution is 7.89. The molecule has 0 saturated carbocycles. The minimum Gasteiger partial charge on any atom is -0.242 e. The van der Waals surface area contributed by atoms with Crippen molar-refractivity contribution in [1.29, 1.82) is 0 Å². The number of pyridine rings is 2. The molecule has 0 unspecified atom stereocenters. The Bertz CT molecular complexity index is 1380. The maximum atomic E-state index is 11.9. The van der Waals surface area contributed by atoms with Gasteiger partial charge in [0, 0.05) is 40.5 Å². The molecule has 31 heavy (non-hydrogen) atoms. The van der Waals surface area contributed by atoms with Crippen molar-refractivity contribution in [1.82, 2.24) is 14.7 Å². The van der Waals surface area contributed by atoms with Crippen molar-refractivity contribution in [3.8, 4) is 0 Å². The minimum atomic E-state index is -3.51. The van der Waals surface area contributed by atoms with Crippen molar-refractivity contribution in [2.45, 2.75) is 18.7 Å². The van der Waals surface area contributed by atoms with Crippen molar-refractivity contribution in [3.63, 3.8) is 0 Å². The van der Waals surface area contributed by atoms with Crippen molar-refractivity contribution in [2.75, 3.05) is 6.54 Å². The fourth-order valence-electron chi connectivity index (χ4n) is 2.88. The largest absolute Gasteiger partial charge is 0.242 e. The molecule has 2 aromatic heterocycles. The molecule has 0 atom stereocenters. The topological polar surface area (TPSA) is 72.0 Å². The Labute approximate surface area is 200 Å². The molecule has 0 spiro atoms. The molecule has 0 aliphatic rings. The van der Waals surface area contributed by atoms with E-state index in [4.69, 9.17) is 46.4 Å². The van der Waals surface area contributed by atoms with Crippen LogP contribution < -0.4 is 4.72 Å². The number of sulfonamides is 1. The van der Waals surface area contributed by atoms with Gasteiger partial charge in [0.2, 0.25) is 10.0 Å². The van der Waals surface area contributed by atoms with Crippen LogP contribution in [0.15, 0.2) is 53.7 Å². The Morgan fingerprint density at radius 3 is 1.87 bits per heavy atom. The Kier molecular flexibility index (Phi) is 7.63. The van der Waals surface area contributed by atoms with Gasteiger partial charge in [-0.3, -0.25) is 0 Å². The third-order valence-corrected chi connectivity index (χ3v) is 7.10. The predicted molar refractivity (Wildman–Crippen MR) is 129 cm³/mol. The van der Waals surface area contributed by atoms with Gasteiger partial charge in [0.1, 0.15) is 10.3 Å². The average molecular weight is 517 g/mol. The number of nitrogens with zero attached hydrogens (tertiary/aromatic N) is 2. The van der Waals surface area contributed by atoms with Gasteiger partial charge in [0.25, 0.3) is 0 Å². The smallest absolute Gasteiger partial charge is 0.240 e. The van der Waals surface area contributed by atoms with Crippen molar-refractivity contribution in [3.05, 3.63) is 74.7 Å². The normalized spacial score (nSPS) is 11.4. The summed E-state index contributed by atoms with van der Waals surface area (Å²) in [5.41, 5.74) is 1.15. The highest BCUT2D eigenvalue weighted by Crippen LogP contribution is 2.30. The van der Waals surface area contributed by atoms with E-state index in [9.17, 15) is 8.42 Å².